The van der Waals surface area contributed by atoms with Gasteiger partial charge in [-0.15, -0.1) is 0 Å². The first-order chi connectivity index (χ1) is 9.82. The molecule has 120 valence electrons. The molecule has 0 amide bonds. The second kappa shape index (κ2) is 8.21. The number of hydrogen-bond donors (Lipinski definition) is 2. The number of methoxy groups -OCH3 is 1. The first-order valence-electron chi connectivity index (χ1n) is 6.52. The minimum Gasteiger partial charge on any atom is -0.389 e. The third-order valence-electron chi connectivity index (χ3n) is 2.73. The molecule has 1 aromatic rings. The monoisotopic (exact) mass is 307 g/mol. The Hall–Kier alpha value is -1.31. The first kappa shape index (κ1) is 17.7. The lowest BCUT2D eigenvalue weighted by atomic mass is 10.2. The van der Waals surface area contributed by atoms with E-state index in [2.05, 4.69) is 5.32 Å². The van der Waals surface area contributed by atoms with Crippen molar-refractivity contribution in [2.24, 2.45) is 0 Å². The summed E-state index contributed by atoms with van der Waals surface area (Å²) in [6.45, 7) is 2.56. The van der Waals surface area contributed by atoms with E-state index in [4.69, 9.17) is 9.47 Å². The molecule has 0 aliphatic heterocycles. The summed E-state index contributed by atoms with van der Waals surface area (Å²) in [5.41, 5.74) is -0.197. The molecule has 2 unspecified atom stereocenters. The summed E-state index contributed by atoms with van der Waals surface area (Å²) in [6.07, 6.45) is -5.23. The second-order valence-electron chi connectivity index (χ2n) is 4.71. The van der Waals surface area contributed by atoms with E-state index in [-0.39, 0.29) is 19.3 Å². The quantitative estimate of drug-likeness (QED) is 0.775. The van der Waals surface area contributed by atoms with Crippen molar-refractivity contribution in [2.75, 3.05) is 32.2 Å². The molecule has 1 rings (SSSR count). The molecule has 21 heavy (non-hydrogen) atoms. The lowest BCUT2D eigenvalue weighted by Crippen LogP contribution is -2.28. The summed E-state index contributed by atoms with van der Waals surface area (Å²) in [5, 5.41) is 12.6. The number of rotatable bonds is 8. The van der Waals surface area contributed by atoms with E-state index in [1.54, 1.807) is 7.11 Å². The molecule has 0 aromatic heterocycles. The number of anilines is 1. The van der Waals surface area contributed by atoms with Crippen LogP contribution in [-0.2, 0) is 15.7 Å². The molecule has 0 spiro atoms. The number of hydrogen-bond acceptors (Lipinski definition) is 4. The number of nitrogens with one attached hydrogen (secondary N) is 1. The molecule has 0 radical (unpaired) electrons. The Kier molecular flexibility index (Phi) is 6.94. The van der Waals surface area contributed by atoms with Crippen LogP contribution >= 0.6 is 0 Å². The Morgan fingerprint density at radius 2 is 1.81 bits per heavy atom. The summed E-state index contributed by atoms with van der Waals surface area (Å²) in [7, 11) is 1.56. The van der Waals surface area contributed by atoms with Gasteiger partial charge < -0.3 is 19.9 Å². The molecule has 0 aliphatic carbocycles. The maximum absolute atomic E-state index is 12.4. The molecule has 7 heteroatoms. The van der Waals surface area contributed by atoms with Gasteiger partial charge in [-0.1, -0.05) is 0 Å². The zero-order valence-electron chi connectivity index (χ0n) is 12.0. The minimum atomic E-state index is -4.34. The van der Waals surface area contributed by atoms with Crippen molar-refractivity contribution in [3.05, 3.63) is 29.8 Å². The van der Waals surface area contributed by atoms with Crippen LogP contribution in [0, 0.1) is 0 Å². The lowest BCUT2D eigenvalue weighted by molar-refractivity contribution is -0.137. The number of benzene rings is 1. The summed E-state index contributed by atoms with van der Waals surface area (Å²) in [5.74, 6) is 0. The summed E-state index contributed by atoms with van der Waals surface area (Å²) in [6, 6.07) is 4.63. The molecule has 0 bridgehead atoms. The van der Waals surface area contributed by atoms with Crippen LogP contribution in [0.15, 0.2) is 24.3 Å². The van der Waals surface area contributed by atoms with Crippen LogP contribution < -0.4 is 5.32 Å². The van der Waals surface area contributed by atoms with Crippen molar-refractivity contribution < 1.29 is 27.8 Å². The van der Waals surface area contributed by atoms with Gasteiger partial charge in [-0.25, -0.2) is 0 Å². The number of aliphatic hydroxyl groups is 1. The standard InChI is InChI=1S/C14H20F3NO3/c1-10(8-20-2)21-9-13(19)7-18-12-5-3-11(4-6-12)14(15,16)17/h3-6,10,13,18-19H,7-9H2,1-2H3. The maximum Gasteiger partial charge on any atom is 0.416 e. The average molecular weight is 307 g/mol. The average Bonchev–Trinajstić information content (AvgIpc) is 2.43. The topological polar surface area (TPSA) is 50.7 Å². The van der Waals surface area contributed by atoms with Crippen LogP contribution in [0.5, 0.6) is 0 Å². The molecule has 0 aliphatic rings. The highest BCUT2D eigenvalue weighted by Gasteiger charge is 2.29. The van der Waals surface area contributed by atoms with E-state index < -0.39 is 17.8 Å². The highest BCUT2D eigenvalue weighted by molar-refractivity contribution is 5.45. The zero-order chi connectivity index (χ0) is 15.9. The van der Waals surface area contributed by atoms with E-state index in [1.165, 1.54) is 12.1 Å². The smallest absolute Gasteiger partial charge is 0.389 e. The molecule has 1 aromatic carbocycles. The molecule has 0 heterocycles. The van der Waals surface area contributed by atoms with Gasteiger partial charge in [0.25, 0.3) is 0 Å². The van der Waals surface area contributed by atoms with Gasteiger partial charge in [0.2, 0.25) is 0 Å². The Bertz CT molecular complexity index is 409. The van der Waals surface area contributed by atoms with Crippen molar-refractivity contribution in [1.29, 1.82) is 0 Å². The van der Waals surface area contributed by atoms with E-state index in [0.717, 1.165) is 12.1 Å². The molecule has 0 saturated carbocycles. The number of alkyl halides is 3. The predicted molar refractivity (Wildman–Crippen MR) is 73.2 cm³/mol. The Labute approximate surface area is 121 Å². The second-order valence-corrected chi connectivity index (χ2v) is 4.71. The molecule has 2 N–H and O–H groups in total. The fourth-order valence-corrected chi connectivity index (χ4v) is 1.63. The Balaban J connectivity index is 2.34. The molecule has 4 nitrogen and oxygen atoms in total. The number of halogens is 3. The van der Waals surface area contributed by atoms with Crippen molar-refractivity contribution in [3.8, 4) is 0 Å². The summed E-state index contributed by atoms with van der Waals surface area (Å²) in [4.78, 5) is 0. The number of aliphatic hydroxyl groups excluding tert-OH is 1. The summed E-state index contributed by atoms with van der Waals surface area (Å²) < 4.78 is 47.4. The van der Waals surface area contributed by atoms with Crippen LogP contribution in [0.1, 0.15) is 12.5 Å². The Morgan fingerprint density at radius 3 is 2.33 bits per heavy atom. The van der Waals surface area contributed by atoms with Gasteiger partial charge in [0.15, 0.2) is 0 Å². The highest BCUT2D eigenvalue weighted by Crippen LogP contribution is 2.29. The molecule has 2 atom stereocenters. The van der Waals surface area contributed by atoms with Crippen LogP contribution in [0.2, 0.25) is 0 Å². The van der Waals surface area contributed by atoms with Crippen LogP contribution in [-0.4, -0.2) is 44.2 Å². The van der Waals surface area contributed by atoms with Gasteiger partial charge in [-0.3, -0.25) is 0 Å². The fraction of sp³-hybridized carbons (Fsp3) is 0.571. The van der Waals surface area contributed by atoms with Gasteiger partial charge >= 0.3 is 6.18 Å². The molecular weight excluding hydrogens is 287 g/mol. The van der Waals surface area contributed by atoms with E-state index in [0.29, 0.717) is 12.3 Å². The van der Waals surface area contributed by atoms with E-state index >= 15 is 0 Å². The van der Waals surface area contributed by atoms with Gasteiger partial charge in [0, 0.05) is 19.3 Å². The van der Waals surface area contributed by atoms with Gasteiger partial charge in [-0.05, 0) is 31.2 Å². The van der Waals surface area contributed by atoms with Gasteiger partial charge in [0.1, 0.15) is 0 Å². The van der Waals surface area contributed by atoms with Crippen molar-refractivity contribution in [3.63, 3.8) is 0 Å². The van der Waals surface area contributed by atoms with Crippen molar-refractivity contribution >= 4 is 5.69 Å². The van der Waals surface area contributed by atoms with Crippen LogP contribution in [0.4, 0.5) is 18.9 Å². The van der Waals surface area contributed by atoms with Crippen molar-refractivity contribution in [1.82, 2.24) is 0 Å². The lowest BCUT2D eigenvalue weighted by Gasteiger charge is -2.17. The highest BCUT2D eigenvalue weighted by atomic mass is 19.4. The van der Waals surface area contributed by atoms with E-state index in [9.17, 15) is 18.3 Å². The number of ether oxygens (including phenoxy) is 2. The largest absolute Gasteiger partial charge is 0.416 e. The van der Waals surface area contributed by atoms with Gasteiger partial charge in [-0.2, -0.15) is 13.2 Å². The molecule has 0 fully saturated rings. The molecular formula is C14H20F3NO3. The minimum absolute atomic E-state index is 0.123. The third-order valence-corrected chi connectivity index (χ3v) is 2.73. The van der Waals surface area contributed by atoms with Crippen LogP contribution in [0.25, 0.3) is 0 Å². The fourth-order valence-electron chi connectivity index (χ4n) is 1.63. The molecule has 0 saturated heterocycles. The normalized spacial score (nSPS) is 14.8. The maximum atomic E-state index is 12.4. The summed E-state index contributed by atoms with van der Waals surface area (Å²) >= 11 is 0. The zero-order valence-corrected chi connectivity index (χ0v) is 12.0. The Morgan fingerprint density at radius 1 is 1.19 bits per heavy atom. The van der Waals surface area contributed by atoms with Crippen molar-refractivity contribution in [2.45, 2.75) is 25.3 Å². The SMILES string of the molecule is COCC(C)OCC(O)CNc1ccc(C(F)(F)F)cc1. The predicted octanol–water partition coefficient (Wildman–Crippen LogP) is 2.53. The third kappa shape index (κ3) is 6.79. The first-order valence-corrected chi connectivity index (χ1v) is 6.52. The van der Waals surface area contributed by atoms with Crippen LogP contribution in [0.3, 0.4) is 0 Å². The van der Waals surface area contributed by atoms with Gasteiger partial charge in [0.05, 0.1) is 31.0 Å². The van der Waals surface area contributed by atoms with E-state index in [1.807, 2.05) is 6.92 Å².